The number of nitrogens with zero attached hydrogens (tertiary/aromatic N) is 5. The Balaban J connectivity index is 0.000000187. The van der Waals surface area contributed by atoms with E-state index in [4.69, 9.17) is 24.9 Å². The van der Waals surface area contributed by atoms with E-state index in [1.54, 1.807) is 0 Å². The van der Waals surface area contributed by atoms with Crippen LogP contribution in [0.15, 0.2) is 237 Å². The molecule has 5 nitrogen and oxygen atoms in total. The molecule has 60 heavy (non-hydrogen) atoms. The maximum atomic E-state index is 5.26. The number of benzene rings is 4. The van der Waals surface area contributed by atoms with Gasteiger partial charge in [-0.25, -0.2) is 0 Å². The van der Waals surface area contributed by atoms with Crippen molar-refractivity contribution in [3.05, 3.63) is 271 Å². The number of hydrogen-bond donors (Lipinski definition) is 0. The zero-order valence-corrected chi connectivity index (χ0v) is 34.7. The Morgan fingerprint density at radius 3 is 0.750 bits per heavy atom. The average Bonchev–Trinajstić information content (AvgIpc) is 3.34. The van der Waals surface area contributed by atoms with Gasteiger partial charge in [0, 0.05) is 41.6 Å². The van der Waals surface area contributed by atoms with Gasteiger partial charge < -0.3 is 0 Å². The zero-order chi connectivity index (χ0) is 40.4. The molecule has 0 amide bonds. The van der Waals surface area contributed by atoms with Crippen LogP contribution in [0.25, 0.3) is 0 Å². The molecule has 0 aliphatic heterocycles. The van der Waals surface area contributed by atoms with E-state index in [-0.39, 0.29) is 16.8 Å². The Hall–Kier alpha value is -6.80. The molecule has 5 heterocycles. The van der Waals surface area contributed by atoms with Crippen LogP contribution in [0.3, 0.4) is 0 Å². The van der Waals surface area contributed by atoms with Gasteiger partial charge in [0.1, 0.15) is 6.15 Å². The molecule has 0 N–H and O–H groups in total. The minimum Gasteiger partial charge on any atom is -0.260 e. The smallest absolute Gasteiger partial charge is 0.108 e. The van der Waals surface area contributed by atoms with Gasteiger partial charge >= 0.3 is 0 Å². The first-order valence-electron chi connectivity index (χ1n) is 20.1. The maximum Gasteiger partial charge on any atom is 0.108 e. The van der Waals surface area contributed by atoms with Gasteiger partial charge in [-0.1, -0.05) is 152 Å². The van der Waals surface area contributed by atoms with Crippen LogP contribution in [0.5, 0.6) is 0 Å². The first-order valence-corrected chi connectivity index (χ1v) is 20.1. The van der Waals surface area contributed by atoms with Crippen LogP contribution in [-0.2, 0) is 27.6 Å². The fourth-order valence-corrected chi connectivity index (χ4v) is 8.53. The molecule has 9 aromatic rings. The normalized spacial score (nSPS) is 11.4. The van der Waals surface area contributed by atoms with Crippen LogP contribution in [0.2, 0.25) is 0 Å². The van der Waals surface area contributed by atoms with Crippen LogP contribution < -0.4 is 21.9 Å². The molecule has 0 saturated carbocycles. The molecule has 295 valence electrons. The molecular formula is C53H45BCoN5-. The molecule has 0 atom stereocenters. The number of pyridine rings is 5. The third-order valence-corrected chi connectivity index (χ3v) is 11.7. The van der Waals surface area contributed by atoms with E-state index in [1.165, 1.54) is 21.9 Å². The molecule has 0 fully saturated rings. The van der Waals surface area contributed by atoms with Gasteiger partial charge in [0.25, 0.3) is 0 Å². The van der Waals surface area contributed by atoms with Crippen LogP contribution in [0, 0.1) is 0 Å². The summed E-state index contributed by atoms with van der Waals surface area (Å²) in [4.78, 5) is 24.1. The van der Waals surface area contributed by atoms with Crippen molar-refractivity contribution < 1.29 is 16.8 Å². The zero-order valence-electron chi connectivity index (χ0n) is 33.7. The van der Waals surface area contributed by atoms with Crippen molar-refractivity contribution in [2.45, 2.75) is 24.7 Å². The Morgan fingerprint density at radius 2 is 0.517 bits per heavy atom. The van der Waals surface area contributed by atoms with Gasteiger partial charge in [0.05, 0.1) is 45.0 Å². The second-order valence-corrected chi connectivity index (χ2v) is 15.0. The first-order chi connectivity index (χ1) is 29.1. The van der Waals surface area contributed by atoms with Gasteiger partial charge in [-0.15, -0.1) is 0 Å². The quantitative estimate of drug-likeness (QED) is 0.130. The Kier molecular flexibility index (Phi) is 13.0. The van der Waals surface area contributed by atoms with Gasteiger partial charge in [-0.2, -0.15) is 21.9 Å². The van der Waals surface area contributed by atoms with E-state index in [1.807, 2.05) is 116 Å². The minimum atomic E-state index is -1.22. The summed E-state index contributed by atoms with van der Waals surface area (Å²) in [6, 6.07) is 73.5. The summed E-state index contributed by atoms with van der Waals surface area (Å²) in [6.45, 7) is 4.26. The molecule has 4 aromatic carbocycles. The van der Waals surface area contributed by atoms with E-state index >= 15 is 0 Å². The van der Waals surface area contributed by atoms with E-state index in [2.05, 4.69) is 135 Å². The number of hydrogen-bond acceptors (Lipinski definition) is 5. The minimum absolute atomic E-state index is 0. The van der Waals surface area contributed by atoms with E-state index < -0.39 is 17.0 Å². The largest absolute Gasteiger partial charge is 0.260 e. The summed E-state index contributed by atoms with van der Waals surface area (Å²) in [5.74, 6) is 0. The van der Waals surface area contributed by atoms with Crippen molar-refractivity contribution >= 4 is 28.0 Å². The van der Waals surface area contributed by atoms with Crippen molar-refractivity contribution in [3.63, 3.8) is 0 Å². The third-order valence-electron chi connectivity index (χ3n) is 11.7. The van der Waals surface area contributed by atoms with Crippen molar-refractivity contribution in [3.8, 4) is 0 Å². The van der Waals surface area contributed by atoms with E-state index in [9.17, 15) is 0 Å². The van der Waals surface area contributed by atoms with Gasteiger partial charge in [0.2, 0.25) is 0 Å². The summed E-state index contributed by atoms with van der Waals surface area (Å²) in [5.41, 5.74) is 9.33. The fraction of sp³-hybridized carbons (Fsp3) is 0.0755. The van der Waals surface area contributed by atoms with E-state index in [0.717, 1.165) is 34.2 Å². The predicted molar refractivity (Wildman–Crippen MR) is 242 cm³/mol. The SMILES string of the molecule is CC(c1ccccn1)(c1ccccn1)c1cccc(C(C)(c2ccccn2)c2ccccn2)n1.[Co].c1ccc([B-](c2ccccc2)(c2ccccc2)c2ccccc2)cc1. The summed E-state index contributed by atoms with van der Waals surface area (Å²) in [7, 11) is 0. The number of rotatable bonds is 10. The fourth-order valence-electron chi connectivity index (χ4n) is 8.53. The molecule has 0 aliphatic carbocycles. The Labute approximate surface area is 363 Å². The molecule has 5 aromatic heterocycles. The second-order valence-electron chi connectivity index (χ2n) is 15.0. The summed E-state index contributed by atoms with van der Waals surface area (Å²) in [6.07, 6.45) is 6.03. The molecule has 0 saturated heterocycles. The summed E-state index contributed by atoms with van der Waals surface area (Å²) in [5, 5.41) is 0. The van der Waals surface area contributed by atoms with Crippen LogP contribution >= 0.6 is 0 Å². The Bertz CT molecular complexity index is 2310. The first kappa shape index (κ1) is 41.4. The topological polar surface area (TPSA) is 64.5 Å². The number of aromatic nitrogens is 5. The monoisotopic (exact) mass is 821 g/mol. The van der Waals surface area contributed by atoms with Crippen molar-refractivity contribution in [2.75, 3.05) is 0 Å². The molecule has 1 radical (unpaired) electrons. The van der Waals surface area contributed by atoms with E-state index in [0.29, 0.717) is 0 Å². The van der Waals surface area contributed by atoms with Crippen molar-refractivity contribution in [2.24, 2.45) is 0 Å². The molecule has 9 rings (SSSR count). The van der Waals surface area contributed by atoms with Crippen LogP contribution in [0.4, 0.5) is 0 Å². The maximum absolute atomic E-state index is 5.26. The van der Waals surface area contributed by atoms with Gasteiger partial charge in [-0.3, -0.25) is 24.9 Å². The molecule has 0 spiro atoms. The van der Waals surface area contributed by atoms with Crippen molar-refractivity contribution in [1.29, 1.82) is 0 Å². The standard InChI is InChI=1S/C29H25N5.C24H20B.Co/c1-28(22-12-3-7-18-30-22,23-13-4-8-19-31-23)26-16-11-17-27(34-26)29(2,24-14-5-9-20-32-24)25-15-6-10-21-33-25;1-5-13-21(14-6-1)25(22-15-7-2-8-16-22,23-17-9-3-10-18-23)24-19-11-4-12-20-24;/h3-21H,1-2H3;1-20H;/q;-1;. The predicted octanol–water partition coefficient (Wildman–Crippen LogP) is 8.43. The molecule has 0 unspecified atom stereocenters. The van der Waals surface area contributed by atoms with Crippen LogP contribution in [0.1, 0.15) is 48.0 Å². The molecule has 0 aliphatic rings. The summed E-state index contributed by atoms with van der Waals surface area (Å²) < 4.78 is 0. The Morgan fingerprint density at radius 1 is 0.283 bits per heavy atom. The molecular weight excluding hydrogens is 776 g/mol. The van der Waals surface area contributed by atoms with Crippen LogP contribution in [-0.4, -0.2) is 31.1 Å². The van der Waals surface area contributed by atoms with Crippen molar-refractivity contribution in [1.82, 2.24) is 24.9 Å². The van der Waals surface area contributed by atoms with Gasteiger partial charge in [0.15, 0.2) is 0 Å². The average molecular weight is 822 g/mol. The van der Waals surface area contributed by atoms with Gasteiger partial charge in [-0.05, 0) is 74.5 Å². The molecule has 7 heteroatoms. The molecule has 0 bridgehead atoms. The third kappa shape index (κ3) is 7.97. The second kappa shape index (κ2) is 18.9. The summed E-state index contributed by atoms with van der Waals surface area (Å²) >= 11 is 0.